The minimum Gasteiger partial charge on any atom is -0.460 e. The number of hydrogen-bond acceptors (Lipinski definition) is 7. The first-order chi connectivity index (χ1) is 14.6. The summed E-state index contributed by atoms with van der Waals surface area (Å²) < 4.78 is 16.8. The fourth-order valence-corrected chi connectivity index (χ4v) is 4.94. The van der Waals surface area contributed by atoms with Gasteiger partial charge in [-0.15, -0.1) is 0 Å². The molecule has 3 aliphatic rings. The van der Waals surface area contributed by atoms with Gasteiger partial charge < -0.3 is 25.3 Å². The zero-order valence-electron chi connectivity index (χ0n) is 17.5. The molecule has 8 nitrogen and oxygen atoms in total. The van der Waals surface area contributed by atoms with Gasteiger partial charge in [0.1, 0.15) is 23.4 Å². The third-order valence-corrected chi connectivity index (χ3v) is 6.26. The summed E-state index contributed by atoms with van der Waals surface area (Å²) in [7, 11) is 1.48. The fraction of sp³-hybridized carbons (Fsp3) is 0.409. The summed E-state index contributed by atoms with van der Waals surface area (Å²) in [6.45, 7) is 4.01. The number of rotatable bonds is 4. The van der Waals surface area contributed by atoms with Crippen molar-refractivity contribution in [3.05, 3.63) is 51.0 Å². The molecule has 1 aliphatic carbocycles. The van der Waals surface area contributed by atoms with Crippen LogP contribution in [0.25, 0.3) is 0 Å². The number of ketones is 1. The third kappa shape index (κ3) is 3.27. The Kier molecular flexibility index (Phi) is 5.21. The standard InChI is InChI=1S/C22H23BrN2O6/c1-21(2)9-14(26)16-15(10-21)31-18(24)17(19(27)30-7-6-29-3)22(16)12-8-11(23)4-5-13(12)25-20(22)28/h4-5,8H,6-7,9-10,24H2,1-3H3,(H,25,28)/t22-/m1/s1. The predicted molar refractivity (Wildman–Crippen MR) is 115 cm³/mol. The summed E-state index contributed by atoms with van der Waals surface area (Å²) in [5, 5.41) is 2.81. The van der Waals surface area contributed by atoms with Gasteiger partial charge in [-0.3, -0.25) is 9.59 Å². The lowest BCUT2D eigenvalue weighted by atomic mass is 9.62. The number of nitrogens with one attached hydrogen (secondary N) is 1. The van der Waals surface area contributed by atoms with Crippen LogP contribution >= 0.6 is 15.9 Å². The van der Waals surface area contributed by atoms with Crippen molar-refractivity contribution in [1.82, 2.24) is 0 Å². The molecule has 1 aromatic carbocycles. The Morgan fingerprint density at radius 2 is 2.00 bits per heavy atom. The Morgan fingerprint density at radius 1 is 1.26 bits per heavy atom. The molecular weight excluding hydrogens is 468 g/mol. The second-order valence-corrected chi connectivity index (χ2v) is 9.52. The van der Waals surface area contributed by atoms with Crippen molar-refractivity contribution in [1.29, 1.82) is 0 Å². The molecule has 2 aliphatic heterocycles. The van der Waals surface area contributed by atoms with Gasteiger partial charge in [-0.25, -0.2) is 4.79 Å². The molecule has 0 saturated heterocycles. The lowest BCUT2D eigenvalue weighted by Gasteiger charge is -2.42. The molecule has 1 amide bonds. The second kappa shape index (κ2) is 7.49. The van der Waals surface area contributed by atoms with Crippen molar-refractivity contribution >= 4 is 39.3 Å². The Labute approximate surface area is 187 Å². The lowest BCUT2D eigenvalue weighted by Crippen LogP contribution is -2.50. The molecule has 0 aromatic heterocycles. The van der Waals surface area contributed by atoms with Gasteiger partial charge in [-0.1, -0.05) is 29.8 Å². The third-order valence-electron chi connectivity index (χ3n) is 5.76. The Balaban J connectivity index is 1.98. The second-order valence-electron chi connectivity index (χ2n) is 8.60. The molecule has 31 heavy (non-hydrogen) atoms. The Hall–Kier alpha value is -2.65. The van der Waals surface area contributed by atoms with Gasteiger partial charge in [0, 0.05) is 35.7 Å². The number of hydrogen-bond donors (Lipinski definition) is 2. The highest BCUT2D eigenvalue weighted by Gasteiger charge is 2.62. The number of allylic oxidation sites excluding steroid dienone is 1. The van der Waals surface area contributed by atoms with Crippen LogP contribution in [-0.4, -0.2) is 38.0 Å². The van der Waals surface area contributed by atoms with E-state index in [1.807, 2.05) is 13.8 Å². The van der Waals surface area contributed by atoms with E-state index in [0.717, 1.165) is 0 Å². The van der Waals surface area contributed by atoms with Crippen molar-refractivity contribution in [2.75, 3.05) is 25.6 Å². The number of halogens is 1. The van der Waals surface area contributed by atoms with Crippen LogP contribution in [0, 0.1) is 5.41 Å². The zero-order valence-corrected chi connectivity index (χ0v) is 19.1. The number of benzene rings is 1. The number of ether oxygens (including phenoxy) is 3. The number of carbonyl (C=O) groups excluding carboxylic acids is 3. The van der Waals surface area contributed by atoms with Crippen LogP contribution in [0.1, 0.15) is 32.3 Å². The number of amides is 1. The van der Waals surface area contributed by atoms with Gasteiger partial charge in [0.15, 0.2) is 5.78 Å². The maximum absolute atomic E-state index is 13.6. The molecule has 1 atom stereocenters. The van der Waals surface area contributed by atoms with Gasteiger partial charge in [0.05, 0.1) is 12.2 Å². The normalized spacial score (nSPS) is 24.0. The minimum absolute atomic E-state index is 0.0396. The van der Waals surface area contributed by atoms with Crippen LogP contribution in [0.15, 0.2) is 45.5 Å². The molecule has 0 saturated carbocycles. The van der Waals surface area contributed by atoms with E-state index < -0.39 is 17.3 Å². The van der Waals surface area contributed by atoms with Crippen LogP contribution in [0.2, 0.25) is 0 Å². The average Bonchev–Trinajstić information content (AvgIpc) is 2.92. The van der Waals surface area contributed by atoms with Crippen LogP contribution < -0.4 is 11.1 Å². The molecule has 2 heterocycles. The van der Waals surface area contributed by atoms with E-state index in [1.54, 1.807) is 18.2 Å². The van der Waals surface area contributed by atoms with Gasteiger partial charge in [-0.2, -0.15) is 0 Å². The maximum Gasteiger partial charge on any atom is 0.341 e. The SMILES string of the molecule is COCCOC(=O)C1=C(N)OC2=C(C(=O)CC(C)(C)C2)[C@@]12C(=O)Nc1ccc(Br)cc12. The minimum atomic E-state index is -1.74. The molecule has 0 unspecified atom stereocenters. The largest absolute Gasteiger partial charge is 0.460 e. The van der Waals surface area contributed by atoms with E-state index in [1.165, 1.54) is 7.11 Å². The Bertz CT molecular complexity index is 1070. The number of anilines is 1. The smallest absolute Gasteiger partial charge is 0.341 e. The number of carbonyl (C=O) groups is 3. The first-order valence-electron chi connectivity index (χ1n) is 9.84. The van der Waals surface area contributed by atoms with E-state index in [4.69, 9.17) is 19.9 Å². The summed E-state index contributed by atoms with van der Waals surface area (Å²) in [5.74, 6) is -1.55. The highest BCUT2D eigenvalue weighted by Crippen LogP contribution is 2.56. The van der Waals surface area contributed by atoms with Crippen molar-refractivity contribution in [2.24, 2.45) is 11.1 Å². The van der Waals surface area contributed by atoms with Gasteiger partial charge in [0.2, 0.25) is 11.8 Å². The quantitative estimate of drug-likeness (QED) is 0.491. The van der Waals surface area contributed by atoms with Crippen LogP contribution in [0.5, 0.6) is 0 Å². The zero-order chi connectivity index (χ0) is 22.6. The number of Topliss-reactive ketones (excluding diaryl/α,β-unsaturated/α-hetero) is 1. The fourth-order valence-electron chi connectivity index (χ4n) is 4.58. The predicted octanol–water partition coefficient (Wildman–Crippen LogP) is 2.67. The first kappa shape index (κ1) is 21.6. The highest BCUT2D eigenvalue weighted by molar-refractivity contribution is 9.10. The van der Waals surface area contributed by atoms with E-state index in [-0.39, 0.29) is 47.9 Å². The topological polar surface area (TPSA) is 117 Å². The van der Waals surface area contributed by atoms with Crippen LogP contribution in [0.4, 0.5) is 5.69 Å². The van der Waals surface area contributed by atoms with Gasteiger partial charge in [-0.05, 0) is 23.6 Å². The van der Waals surface area contributed by atoms with Crippen LogP contribution in [0.3, 0.4) is 0 Å². The summed E-state index contributed by atoms with van der Waals surface area (Å²) in [6.07, 6.45) is 0.610. The average molecular weight is 491 g/mol. The van der Waals surface area contributed by atoms with Crippen LogP contribution in [-0.2, 0) is 34.0 Å². The first-order valence-corrected chi connectivity index (χ1v) is 10.6. The van der Waals surface area contributed by atoms with E-state index in [2.05, 4.69) is 21.2 Å². The number of fused-ring (bicyclic) bond motifs is 3. The molecule has 0 radical (unpaired) electrons. The number of methoxy groups -OCH3 is 1. The maximum atomic E-state index is 13.6. The summed E-state index contributed by atoms with van der Waals surface area (Å²) >= 11 is 3.43. The molecule has 1 spiro atoms. The summed E-state index contributed by atoms with van der Waals surface area (Å²) in [4.78, 5) is 40.2. The van der Waals surface area contributed by atoms with E-state index >= 15 is 0 Å². The molecule has 3 N–H and O–H groups in total. The number of esters is 1. The van der Waals surface area contributed by atoms with Gasteiger partial charge in [0.25, 0.3) is 0 Å². The molecule has 1 aromatic rings. The molecule has 0 fully saturated rings. The molecule has 164 valence electrons. The summed E-state index contributed by atoms with van der Waals surface area (Å²) in [5.41, 5.74) is 5.02. The lowest BCUT2D eigenvalue weighted by molar-refractivity contribution is -0.142. The highest BCUT2D eigenvalue weighted by atomic mass is 79.9. The molecule has 0 bridgehead atoms. The number of nitrogens with two attached hydrogens (primary N) is 1. The summed E-state index contributed by atoms with van der Waals surface area (Å²) in [6, 6.07) is 5.19. The van der Waals surface area contributed by atoms with Crippen molar-refractivity contribution < 1.29 is 28.6 Å². The van der Waals surface area contributed by atoms with Gasteiger partial charge >= 0.3 is 5.97 Å². The molecule has 4 rings (SSSR count). The Morgan fingerprint density at radius 3 is 2.71 bits per heavy atom. The van der Waals surface area contributed by atoms with Crippen molar-refractivity contribution in [3.8, 4) is 0 Å². The monoisotopic (exact) mass is 490 g/mol. The van der Waals surface area contributed by atoms with E-state index in [9.17, 15) is 14.4 Å². The molecular formula is C22H23BrN2O6. The molecule has 9 heteroatoms. The van der Waals surface area contributed by atoms with E-state index in [0.29, 0.717) is 27.9 Å². The van der Waals surface area contributed by atoms with Crippen molar-refractivity contribution in [2.45, 2.75) is 32.1 Å². The van der Waals surface area contributed by atoms with Crippen molar-refractivity contribution in [3.63, 3.8) is 0 Å².